The normalized spacial score (nSPS) is 10.6. The highest BCUT2D eigenvalue weighted by Gasteiger charge is 2.19. The number of carbonyl (C=O) groups excluding carboxylic acids is 1. The van der Waals surface area contributed by atoms with E-state index in [4.69, 9.17) is 16.3 Å². The van der Waals surface area contributed by atoms with Crippen molar-refractivity contribution in [3.8, 4) is 22.8 Å². The fourth-order valence-electron chi connectivity index (χ4n) is 2.39. The van der Waals surface area contributed by atoms with Gasteiger partial charge in [0.15, 0.2) is 11.0 Å². The lowest BCUT2D eigenvalue weighted by Crippen LogP contribution is -2.20. The smallest absolute Gasteiger partial charge is 0.230 e. The summed E-state index contributed by atoms with van der Waals surface area (Å²) in [6.45, 7) is 0. The first-order chi connectivity index (χ1) is 12.6. The van der Waals surface area contributed by atoms with E-state index in [2.05, 4.69) is 15.5 Å². The molecule has 3 rings (SSSR count). The number of nitrogens with zero attached hydrogens (tertiary/aromatic N) is 3. The van der Waals surface area contributed by atoms with Crippen molar-refractivity contribution in [1.29, 1.82) is 0 Å². The van der Waals surface area contributed by atoms with E-state index in [0.717, 1.165) is 11.3 Å². The standard InChI is InChI=1S/C18H17ClN4O2S/c1-20-16(24)11-26-18-22-21-17(14-5-3-4-6-15(14)25-2)23(18)13-9-7-12(19)8-10-13/h3-10H,11H2,1-2H3,(H,20,24). The number of rotatable bonds is 6. The van der Waals surface area contributed by atoms with Crippen LogP contribution in [0.3, 0.4) is 0 Å². The van der Waals surface area contributed by atoms with Crippen LogP contribution in [0.4, 0.5) is 0 Å². The Labute approximate surface area is 160 Å². The largest absolute Gasteiger partial charge is 0.496 e. The van der Waals surface area contributed by atoms with Gasteiger partial charge < -0.3 is 10.1 Å². The molecule has 0 radical (unpaired) electrons. The number of nitrogens with one attached hydrogen (secondary N) is 1. The van der Waals surface area contributed by atoms with Crippen molar-refractivity contribution in [2.75, 3.05) is 19.9 Å². The van der Waals surface area contributed by atoms with Crippen molar-refractivity contribution >= 4 is 29.3 Å². The van der Waals surface area contributed by atoms with Crippen LogP contribution in [0, 0.1) is 0 Å². The summed E-state index contributed by atoms with van der Waals surface area (Å²) in [7, 11) is 3.22. The molecule has 0 aliphatic heterocycles. The number of thioether (sulfide) groups is 1. The molecule has 0 atom stereocenters. The van der Waals surface area contributed by atoms with Crippen LogP contribution < -0.4 is 10.1 Å². The molecule has 0 saturated heterocycles. The summed E-state index contributed by atoms with van der Waals surface area (Å²) in [6.07, 6.45) is 0. The lowest BCUT2D eigenvalue weighted by Gasteiger charge is -2.12. The summed E-state index contributed by atoms with van der Waals surface area (Å²) in [6, 6.07) is 15.0. The van der Waals surface area contributed by atoms with Gasteiger partial charge >= 0.3 is 0 Å². The summed E-state index contributed by atoms with van der Waals surface area (Å²) in [5, 5.41) is 12.5. The van der Waals surface area contributed by atoms with Gasteiger partial charge in [0, 0.05) is 17.8 Å². The molecule has 0 aliphatic rings. The molecule has 3 aromatic rings. The summed E-state index contributed by atoms with van der Waals surface area (Å²) < 4.78 is 7.35. The van der Waals surface area contributed by atoms with Gasteiger partial charge in [0.1, 0.15) is 5.75 Å². The van der Waals surface area contributed by atoms with Crippen LogP contribution in [0.25, 0.3) is 17.1 Å². The zero-order valence-electron chi connectivity index (χ0n) is 14.3. The maximum absolute atomic E-state index is 11.6. The minimum Gasteiger partial charge on any atom is -0.496 e. The number of halogens is 1. The van der Waals surface area contributed by atoms with Gasteiger partial charge in [0.25, 0.3) is 0 Å². The highest BCUT2D eigenvalue weighted by atomic mass is 35.5. The first kappa shape index (κ1) is 18.3. The second-order valence-corrected chi connectivity index (χ2v) is 6.66. The fourth-order valence-corrected chi connectivity index (χ4v) is 3.34. The van der Waals surface area contributed by atoms with Crippen LogP contribution >= 0.6 is 23.4 Å². The molecule has 8 heteroatoms. The molecule has 0 saturated carbocycles. The molecule has 134 valence electrons. The molecule has 6 nitrogen and oxygen atoms in total. The number of methoxy groups -OCH3 is 1. The molecule has 26 heavy (non-hydrogen) atoms. The van der Waals surface area contributed by atoms with Crippen LogP contribution in [0.15, 0.2) is 53.7 Å². The molecule has 0 aliphatic carbocycles. The minimum absolute atomic E-state index is 0.0838. The zero-order chi connectivity index (χ0) is 18.5. The number of aromatic nitrogens is 3. The number of benzene rings is 2. The molecule has 1 aromatic heterocycles. The summed E-state index contributed by atoms with van der Waals surface area (Å²) >= 11 is 7.33. The summed E-state index contributed by atoms with van der Waals surface area (Å²) in [4.78, 5) is 11.6. The third kappa shape index (κ3) is 3.84. The molecular weight excluding hydrogens is 372 g/mol. The van der Waals surface area contributed by atoms with Crippen molar-refractivity contribution < 1.29 is 9.53 Å². The molecule has 1 amide bonds. The third-order valence-electron chi connectivity index (χ3n) is 3.68. The maximum Gasteiger partial charge on any atom is 0.230 e. The second-order valence-electron chi connectivity index (χ2n) is 5.28. The van der Waals surface area contributed by atoms with E-state index >= 15 is 0 Å². The summed E-state index contributed by atoms with van der Waals surface area (Å²) in [5.41, 5.74) is 1.66. The van der Waals surface area contributed by atoms with Gasteiger partial charge in [-0.05, 0) is 36.4 Å². The van der Waals surface area contributed by atoms with E-state index < -0.39 is 0 Å². The molecule has 2 aromatic carbocycles. The van der Waals surface area contributed by atoms with Crippen LogP contribution in [0.2, 0.25) is 5.02 Å². The maximum atomic E-state index is 11.6. The SMILES string of the molecule is CNC(=O)CSc1nnc(-c2ccccc2OC)n1-c1ccc(Cl)cc1. The monoisotopic (exact) mass is 388 g/mol. The quantitative estimate of drug-likeness (QED) is 0.655. The van der Waals surface area contributed by atoms with E-state index in [0.29, 0.717) is 21.8 Å². The number of hydrogen-bond donors (Lipinski definition) is 1. The van der Waals surface area contributed by atoms with Crippen molar-refractivity contribution in [3.05, 3.63) is 53.6 Å². The summed E-state index contributed by atoms with van der Waals surface area (Å²) in [5.74, 6) is 1.48. The Kier molecular flexibility index (Phi) is 5.80. The Morgan fingerprint density at radius 2 is 1.92 bits per heavy atom. The number of ether oxygens (including phenoxy) is 1. The molecule has 1 N–H and O–H groups in total. The minimum atomic E-state index is -0.0838. The highest BCUT2D eigenvalue weighted by Crippen LogP contribution is 2.33. The van der Waals surface area contributed by atoms with Crippen LogP contribution in [-0.4, -0.2) is 40.6 Å². The van der Waals surface area contributed by atoms with Gasteiger partial charge in [-0.2, -0.15) is 0 Å². The average Bonchev–Trinajstić information content (AvgIpc) is 3.10. The third-order valence-corrected chi connectivity index (χ3v) is 4.86. The highest BCUT2D eigenvalue weighted by molar-refractivity contribution is 7.99. The number of hydrogen-bond acceptors (Lipinski definition) is 5. The van der Waals surface area contributed by atoms with Gasteiger partial charge in [-0.15, -0.1) is 10.2 Å². The lowest BCUT2D eigenvalue weighted by atomic mass is 10.2. The Balaban J connectivity index is 2.11. The Morgan fingerprint density at radius 1 is 1.19 bits per heavy atom. The van der Waals surface area contributed by atoms with Crippen molar-refractivity contribution in [1.82, 2.24) is 20.1 Å². The lowest BCUT2D eigenvalue weighted by molar-refractivity contribution is -0.118. The van der Waals surface area contributed by atoms with Crippen molar-refractivity contribution in [2.45, 2.75) is 5.16 Å². The van der Waals surface area contributed by atoms with E-state index in [1.807, 2.05) is 41.0 Å². The van der Waals surface area contributed by atoms with Crippen LogP contribution in [0.5, 0.6) is 5.75 Å². The van der Waals surface area contributed by atoms with Crippen molar-refractivity contribution in [2.24, 2.45) is 0 Å². The van der Waals surface area contributed by atoms with E-state index in [-0.39, 0.29) is 11.7 Å². The number of para-hydroxylation sites is 1. The van der Waals surface area contributed by atoms with Gasteiger partial charge in [0.2, 0.25) is 5.91 Å². The number of carbonyl (C=O) groups is 1. The van der Waals surface area contributed by atoms with Gasteiger partial charge in [-0.3, -0.25) is 9.36 Å². The molecule has 0 fully saturated rings. The van der Waals surface area contributed by atoms with Crippen LogP contribution in [-0.2, 0) is 4.79 Å². The van der Waals surface area contributed by atoms with E-state index in [9.17, 15) is 4.79 Å². The van der Waals surface area contributed by atoms with Gasteiger partial charge in [0.05, 0.1) is 18.4 Å². The molecular formula is C18H17ClN4O2S. The Morgan fingerprint density at radius 3 is 2.62 bits per heavy atom. The Hall–Kier alpha value is -2.51. The fraction of sp³-hybridized carbons (Fsp3) is 0.167. The van der Waals surface area contributed by atoms with Crippen LogP contribution in [0.1, 0.15) is 0 Å². The zero-order valence-corrected chi connectivity index (χ0v) is 15.8. The predicted molar refractivity (Wildman–Crippen MR) is 103 cm³/mol. The second kappa shape index (κ2) is 8.25. The van der Waals surface area contributed by atoms with Gasteiger partial charge in [-0.1, -0.05) is 35.5 Å². The molecule has 0 spiro atoms. The van der Waals surface area contributed by atoms with Gasteiger partial charge in [-0.25, -0.2) is 0 Å². The molecule has 0 unspecified atom stereocenters. The van der Waals surface area contributed by atoms with E-state index in [1.165, 1.54) is 11.8 Å². The van der Waals surface area contributed by atoms with E-state index in [1.54, 1.807) is 26.3 Å². The topological polar surface area (TPSA) is 69.0 Å². The number of amides is 1. The molecule has 1 heterocycles. The Bertz CT molecular complexity index is 912. The van der Waals surface area contributed by atoms with Crippen molar-refractivity contribution in [3.63, 3.8) is 0 Å². The molecule has 0 bridgehead atoms. The predicted octanol–water partition coefficient (Wildman–Crippen LogP) is 3.43. The average molecular weight is 389 g/mol. The first-order valence-electron chi connectivity index (χ1n) is 7.82. The first-order valence-corrected chi connectivity index (χ1v) is 9.18.